The summed E-state index contributed by atoms with van der Waals surface area (Å²) in [6, 6.07) is 3.54. The molecular formula is C15H23NO5. The summed E-state index contributed by atoms with van der Waals surface area (Å²) in [5, 5.41) is 9.16. The van der Waals surface area contributed by atoms with Gasteiger partial charge in [0.05, 0.1) is 27.2 Å². The average Bonchev–Trinajstić information content (AvgIpc) is 2.50. The number of rotatable bonds is 8. The molecule has 0 aromatic heterocycles. The first kappa shape index (κ1) is 17.1. The highest BCUT2D eigenvalue weighted by molar-refractivity contribution is 5.70. The van der Waals surface area contributed by atoms with Gasteiger partial charge >= 0.3 is 5.97 Å². The van der Waals surface area contributed by atoms with Crippen LogP contribution < -0.4 is 19.9 Å². The summed E-state index contributed by atoms with van der Waals surface area (Å²) in [6.07, 6.45) is 0.395. The number of carboxylic acids is 1. The molecule has 0 spiro atoms. The average molecular weight is 297 g/mol. The van der Waals surface area contributed by atoms with E-state index in [9.17, 15) is 4.79 Å². The van der Waals surface area contributed by atoms with Gasteiger partial charge in [-0.15, -0.1) is 0 Å². The maximum atomic E-state index is 11.2. The van der Waals surface area contributed by atoms with Crippen molar-refractivity contribution >= 4 is 5.97 Å². The van der Waals surface area contributed by atoms with Gasteiger partial charge in [-0.05, 0) is 24.5 Å². The van der Waals surface area contributed by atoms with Crippen molar-refractivity contribution in [1.29, 1.82) is 0 Å². The van der Waals surface area contributed by atoms with E-state index in [4.69, 9.17) is 25.1 Å². The fourth-order valence-corrected chi connectivity index (χ4v) is 2.42. The molecule has 6 heteroatoms. The molecule has 1 rings (SSSR count). The summed E-state index contributed by atoms with van der Waals surface area (Å²) in [4.78, 5) is 11.2. The SMILES string of the molecule is COc1ccc(OC)c(C(C)CC(CN)C(=O)O)c1OC. The minimum Gasteiger partial charge on any atom is -0.496 e. The Hall–Kier alpha value is -1.95. The molecule has 1 aromatic carbocycles. The van der Waals surface area contributed by atoms with Crippen LogP contribution in [0.25, 0.3) is 0 Å². The normalized spacial score (nSPS) is 13.4. The highest BCUT2D eigenvalue weighted by Gasteiger charge is 2.26. The van der Waals surface area contributed by atoms with Crippen molar-refractivity contribution in [1.82, 2.24) is 0 Å². The van der Waals surface area contributed by atoms with Gasteiger partial charge in [0.1, 0.15) is 5.75 Å². The number of benzene rings is 1. The molecular weight excluding hydrogens is 274 g/mol. The van der Waals surface area contributed by atoms with Gasteiger partial charge in [-0.25, -0.2) is 0 Å². The van der Waals surface area contributed by atoms with Crippen LogP contribution in [-0.2, 0) is 4.79 Å². The predicted octanol–water partition coefficient (Wildman–Crippen LogP) is 1.87. The lowest BCUT2D eigenvalue weighted by Crippen LogP contribution is -2.25. The van der Waals surface area contributed by atoms with E-state index < -0.39 is 11.9 Å². The van der Waals surface area contributed by atoms with Gasteiger partial charge in [0.25, 0.3) is 0 Å². The van der Waals surface area contributed by atoms with Crippen LogP contribution in [0.1, 0.15) is 24.8 Å². The summed E-state index contributed by atoms with van der Waals surface area (Å²) in [5.41, 5.74) is 6.32. The molecule has 1 aromatic rings. The van der Waals surface area contributed by atoms with Crippen molar-refractivity contribution in [3.05, 3.63) is 17.7 Å². The molecule has 0 saturated carbocycles. The first-order valence-electron chi connectivity index (χ1n) is 6.71. The zero-order chi connectivity index (χ0) is 16.0. The molecule has 0 aliphatic heterocycles. The van der Waals surface area contributed by atoms with Gasteiger partial charge in [0.2, 0.25) is 0 Å². The lowest BCUT2D eigenvalue weighted by Gasteiger charge is -2.22. The number of carbonyl (C=O) groups is 1. The smallest absolute Gasteiger partial charge is 0.307 e. The third-order valence-electron chi connectivity index (χ3n) is 3.53. The largest absolute Gasteiger partial charge is 0.496 e. The van der Waals surface area contributed by atoms with Crippen LogP contribution >= 0.6 is 0 Å². The standard InChI is InChI=1S/C15H23NO5/c1-9(7-10(8-16)15(17)18)13-11(19-2)5-6-12(20-3)14(13)21-4/h5-6,9-10H,7-8,16H2,1-4H3,(H,17,18). The van der Waals surface area contributed by atoms with Crippen molar-refractivity contribution < 1.29 is 24.1 Å². The Labute approximate surface area is 124 Å². The van der Waals surface area contributed by atoms with Crippen molar-refractivity contribution in [2.24, 2.45) is 11.7 Å². The van der Waals surface area contributed by atoms with E-state index in [-0.39, 0.29) is 12.5 Å². The van der Waals surface area contributed by atoms with E-state index in [1.807, 2.05) is 6.92 Å². The zero-order valence-corrected chi connectivity index (χ0v) is 12.9. The maximum Gasteiger partial charge on any atom is 0.307 e. The Morgan fingerprint density at radius 2 is 1.76 bits per heavy atom. The van der Waals surface area contributed by atoms with Crippen molar-refractivity contribution in [2.75, 3.05) is 27.9 Å². The number of hydrogen-bond donors (Lipinski definition) is 2. The van der Waals surface area contributed by atoms with Gasteiger partial charge in [-0.1, -0.05) is 6.92 Å². The number of hydrogen-bond acceptors (Lipinski definition) is 5. The van der Waals surface area contributed by atoms with Crippen molar-refractivity contribution in [2.45, 2.75) is 19.3 Å². The lowest BCUT2D eigenvalue weighted by atomic mass is 9.88. The highest BCUT2D eigenvalue weighted by Crippen LogP contribution is 2.43. The molecule has 6 nitrogen and oxygen atoms in total. The summed E-state index contributed by atoms with van der Waals surface area (Å²) >= 11 is 0. The number of aliphatic carboxylic acids is 1. The lowest BCUT2D eigenvalue weighted by molar-refractivity contribution is -0.141. The first-order chi connectivity index (χ1) is 9.99. The topological polar surface area (TPSA) is 91.0 Å². The van der Waals surface area contributed by atoms with Crippen LogP contribution in [0.3, 0.4) is 0 Å². The Bertz CT molecular complexity index is 489. The maximum absolute atomic E-state index is 11.2. The van der Waals surface area contributed by atoms with Gasteiger partial charge in [0.15, 0.2) is 11.5 Å². The molecule has 0 bridgehead atoms. The molecule has 0 saturated heterocycles. The van der Waals surface area contributed by atoms with Crippen molar-refractivity contribution in [3.63, 3.8) is 0 Å². The van der Waals surface area contributed by atoms with E-state index in [1.54, 1.807) is 33.5 Å². The molecule has 118 valence electrons. The Morgan fingerprint density at radius 1 is 1.19 bits per heavy atom. The van der Waals surface area contributed by atoms with Gasteiger partial charge in [-0.3, -0.25) is 4.79 Å². The van der Waals surface area contributed by atoms with Crippen LogP contribution in [0.4, 0.5) is 0 Å². The monoisotopic (exact) mass is 297 g/mol. The molecule has 0 amide bonds. The summed E-state index contributed by atoms with van der Waals surface area (Å²) < 4.78 is 16.1. The molecule has 3 N–H and O–H groups in total. The van der Waals surface area contributed by atoms with E-state index in [0.717, 1.165) is 5.56 Å². The molecule has 0 aliphatic carbocycles. The van der Waals surface area contributed by atoms with Crippen LogP contribution in [0, 0.1) is 5.92 Å². The molecule has 2 atom stereocenters. The quantitative estimate of drug-likeness (QED) is 0.761. The van der Waals surface area contributed by atoms with Crippen LogP contribution in [0.2, 0.25) is 0 Å². The van der Waals surface area contributed by atoms with Crippen molar-refractivity contribution in [3.8, 4) is 17.2 Å². The number of ether oxygens (including phenoxy) is 3. The summed E-state index contributed by atoms with van der Waals surface area (Å²) in [6.45, 7) is 2.01. The summed E-state index contributed by atoms with van der Waals surface area (Å²) in [7, 11) is 4.67. The van der Waals surface area contributed by atoms with E-state index in [1.165, 1.54) is 0 Å². The molecule has 0 radical (unpaired) electrons. The fourth-order valence-electron chi connectivity index (χ4n) is 2.42. The van der Waals surface area contributed by atoms with E-state index in [0.29, 0.717) is 23.7 Å². The van der Waals surface area contributed by atoms with E-state index in [2.05, 4.69) is 0 Å². The van der Waals surface area contributed by atoms with Crippen LogP contribution in [0.5, 0.6) is 17.2 Å². The minimum absolute atomic E-state index is 0.0915. The molecule has 21 heavy (non-hydrogen) atoms. The zero-order valence-electron chi connectivity index (χ0n) is 12.9. The second-order valence-electron chi connectivity index (χ2n) is 4.82. The molecule has 0 fully saturated rings. The highest BCUT2D eigenvalue weighted by atomic mass is 16.5. The molecule has 0 aliphatic rings. The first-order valence-corrected chi connectivity index (χ1v) is 6.71. The third kappa shape index (κ3) is 3.78. The number of methoxy groups -OCH3 is 3. The Kier molecular flexibility index (Phi) is 6.30. The summed E-state index contributed by atoms with van der Waals surface area (Å²) in [5.74, 6) is 0.173. The Morgan fingerprint density at radius 3 is 2.19 bits per heavy atom. The van der Waals surface area contributed by atoms with Gasteiger partial charge in [-0.2, -0.15) is 0 Å². The molecule has 2 unspecified atom stereocenters. The number of nitrogens with two attached hydrogens (primary N) is 1. The predicted molar refractivity (Wildman–Crippen MR) is 79.3 cm³/mol. The van der Waals surface area contributed by atoms with Gasteiger partial charge < -0.3 is 25.1 Å². The van der Waals surface area contributed by atoms with Crippen LogP contribution in [-0.4, -0.2) is 38.9 Å². The third-order valence-corrected chi connectivity index (χ3v) is 3.53. The Balaban J connectivity index is 3.22. The van der Waals surface area contributed by atoms with E-state index >= 15 is 0 Å². The second-order valence-corrected chi connectivity index (χ2v) is 4.82. The molecule has 0 heterocycles. The fraction of sp³-hybridized carbons (Fsp3) is 0.533. The van der Waals surface area contributed by atoms with Crippen LogP contribution in [0.15, 0.2) is 12.1 Å². The minimum atomic E-state index is -0.898. The second kappa shape index (κ2) is 7.73. The van der Waals surface area contributed by atoms with Gasteiger partial charge in [0, 0.05) is 12.1 Å². The number of carboxylic acid groups (broad SMARTS) is 1.